The maximum Gasteiger partial charge on any atom is 0.119 e. The minimum Gasteiger partial charge on any atom is -0.491 e. The monoisotopic (exact) mass is 222 g/mol. The average Bonchev–Trinajstić information content (AvgIpc) is 2.97. The van der Waals surface area contributed by atoms with Crippen LogP contribution in [0.15, 0.2) is 24.3 Å². The van der Waals surface area contributed by atoms with E-state index < -0.39 is 8.07 Å². The van der Waals surface area contributed by atoms with E-state index in [9.17, 15) is 0 Å². The van der Waals surface area contributed by atoms with Gasteiger partial charge in [-0.25, -0.2) is 0 Å². The first-order chi connectivity index (χ1) is 7.05. The first kappa shape index (κ1) is 10.7. The highest BCUT2D eigenvalue weighted by molar-refractivity contribution is 6.88. The van der Waals surface area contributed by atoms with Crippen molar-refractivity contribution in [2.45, 2.75) is 25.7 Å². The van der Waals surface area contributed by atoms with Crippen LogP contribution in [0.4, 0.5) is 0 Å². The van der Waals surface area contributed by atoms with Crippen molar-refractivity contribution in [1.29, 1.82) is 0 Å². The molecule has 2 nitrogen and oxygen atoms in total. The van der Waals surface area contributed by atoms with Gasteiger partial charge in [-0.15, -0.1) is 0 Å². The maximum absolute atomic E-state index is 5.59. The van der Waals surface area contributed by atoms with E-state index in [1.54, 1.807) is 0 Å². The Labute approximate surface area is 92.2 Å². The van der Waals surface area contributed by atoms with Gasteiger partial charge in [0.25, 0.3) is 0 Å². The molecule has 1 saturated heterocycles. The third-order valence-corrected chi connectivity index (χ3v) is 4.62. The summed E-state index contributed by atoms with van der Waals surface area (Å²) in [5, 5.41) is 1.47. The van der Waals surface area contributed by atoms with Crippen LogP contribution < -0.4 is 9.92 Å². The Morgan fingerprint density at radius 1 is 1.27 bits per heavy atom. The molecule has 0 aliphatic carbocycles. The molecule has 0 amide bonds. The first-order valence-corrected chi connectivity index (χ1v) is 8.91. The van der Waals surface area contributed by atoms with E-state index in [1.807, 2.05) is 0 Å². The van der Waals surface area contributed by atoms with E-state index >= 15 is 0 Å². The second-order valence-corrected chi connectivity index (χ2v) is 10.1. The second kappa shape index (κ2) is 3.98. The van der Waals surface area contributed by atoms with Gasteiger partial charge in [-0.05, 0) is 12.1 Å². The highest BCUT2D eigenvalue weighted by atomic mass is 28.3. The summed E-state index contributed by atoms with van der Waals surface area (Å²) in [6, 6.07) is 8.51. The van der Waals surface area contributed by atoms with Crippen LogP contribution in [0.25, 0.3) is 0 Å². The van der Waals surface area contributed by atoms with Gasteiger partial charge in [-0.2, -0.15) is 0 Å². The zero-order chi connectivity index (χ0) is 10.9. The summed E-state index contributed by atoms with van der Waals surface area (Å²) in [5.74, 6) is 0.951. The van der Waals surface area contributed by atoms with Crippen LogP contribution in [0.3, 0.4) is 0 Å². The molecule has 0 spiro atoms. The van der Waals surface area contributed by atoms with Crippen molar-refractivity contribution in [3.05, 3.63) is 24.3 Å². The zero-order valence-corrected chi connectivity index (χ0v) is 10.6. The molecule has 0 saturated carbocycles. The smallest absolute Gasteiger partial charge is 0.119 e. The fourth-order valence-corrected chi connectivity index (χ4v) is 2.57. The largest absolute Gasteiger partial charge is 0.491 e. The summed E-state index contributed by atoms with van der Waals surface area (Å²) in [6.07, 6.45) is 0.335. The number of rotatable bonds is 4. The van der Waals surface area contributed by atoms with Gasteiger partial charge in [0.05, 0.1) is 14.7 Å². The molecule has 1 aromatic rings. The van der Waals surface area contributed by atoms with E-state index in [0.717, 1.165) is 12.4 Å². The molecule has 1 aromatic carbocycles. The molecule has 15 heavy (non-hydrogen) atoms. The van der Waals surface area contributed by atoms with Crippen LogP contribution in [-0.2, 0) is 4.74 Å². The van der Waals surface area contributed by atoms with Crippen molar-refractivity contribution in [3.8, 4) is 5.75 Å². The molecule has 0 N–H and O–H groups in total. The van der Waals surface area contributed by atoms with Crippen LogP contribution >= 0.6 is 0 Å². The fraction of sp³-hybridized carbons (Fsp3) is 0.500. The lowest BCUT2D eigenvalue weighted by Crippen LogP contribution is -2.37. The first-order valence-electron chi connectivity index (χ1n) is 5.41. The molecule has 1 fully saturated rings. The molecular formula is C12H18O2Si. The molecule has 82 valence electrons. The highest BCUT2D eigenvalue weighted by Gasteiger charge is 2.23. The number of benzene rings is 1. The quantitative estimate of drug-likeness (QED) is 0.574. The summed E-state index contributed by atoms with van der Waals surface area (Å²) in [5.41, 5.74) is 0. The molecule has 1 unspecified atom stereocenters. The third kappa shape index (κ3) is 3.07. The summed E-state index contributed by atoms with van der Waals surface area (Å²) < 4.78 is 10.7. The maximum atomic E-state index is 5.59. The Hall–Kier alpha value is -0.803. The second-order valence-electron chi connectivity index (χ2n) is 5.04. The van der Waals surface area contributed by atoms with Crippen LogP contribution in [-0.4, -0.2) is 27.4 Å². The normalized spacial score (nSPS) is 20.1. The van der Waals surface area contributed by atoms with Gasteiger partial charge >= 0.3 is 0 Å². The van der Waals surface area contributed by atoms with E-state index in [2.05, 4.69) is 43.9 Å². The van der Waals surface area contributed by atoms with Gasteiger partial charge in [0, 0.05) is 0 Å². The molecule has 3 heteroatoms. The van der Waals surface area contributed by atoms with Crippen molar-refractivity contribution in [3.63, 3.8) is 0 Å². The lowest BCUT2D eigenvalue weighted by atomic mass is 10.3. The number of epoxide rings is 1. The van der Waals surface area contributed by atoms with E-state index in [1.165, 1.54) is 5.19 Å². The van der Waals surface area contributed by atoms with Crippen LogP contribution in [0.1, 0.15) is 0 Å². The van der Waals surface area contributed by atoms with Crippen molar-refractivity contribution in [2.75, 3.05) is 13.2 Å². The van der Waals surface area contributed by atoms with Crippen molar-refractivity contribution < 1.29 is 9.47 Å². The van der Waals surface area contributed by atoms with Crippen LogP contribution in [0, 0.1) is 0 Å². The minimum absolute atomic E-state index is 0.335. The Bertz CT molecular complexity index is 322. The van der Waals surface area contributed by atoms with Gasteiger partial charge in [0.2, 0.25) is 0 Å². The average molecular weight is 222 g/mol. The molecule has 1 aliphatic heterocycles. The van der Waals surface area contributed by atoms with Gasteiger partial charge in [0.15, 0.2) is 0 Å². The van der Waals surface area contributed by atoms with E-state index in [4.69, 9.17) is 9.47 Å². The Morgan fingerprint density at radius 2 is 1.87 bits per heavy atom. The summed E-state index contributed by atoms with van der Waals surface area (Å²) in [7, 11) is -1.17. The fourth-order valence-electron chi connectivity index (χ4n) is 1.40. The van der Waals surface area contributed by atoms with Crippen LogP contribution in [0.2, 0.25) is 19.6 Å². The minimum atomic E-state index is -1.17. The molecule has 1 heterocycles. The molecular weight excluding hydrogens is 204 g/mol. The SMILES string of the molecule is C[Si](C)(C)c1ccc(OCC2CO2)cc1. The van der Waals surface area contributed by atoms with E-state index in [-0.39, 0.29) is 0 Å². The van der Waals surface area contributed by atoms with Gasteiger partial charge in [-0.3, -0.25) is 0 Å². The predicted octanol–water partition coefficient (Wildman–Crippen LogP) is 2.01. The topological polar surface area (TPSA) is 21.8 Å². The third-order valence-electron chi connectivity index (χ3n) is 2.56. The van der Waals surface area contributed by atoms with E-state index in [0.29, 0.717) is 12.7 Å². The Balaban J connectivity index is 1.96. The Morgan fingerprint density at radius 3 is 2.33 bits per heavy atom. The molecule has 0 bridgehead atoms. The highest BCUT2D eigenvalue weighted by Crippen LogP contribution is 2.14. The van der Waals surface area contributed by atoms with Gasteiger partial charge in [0.1, 0.15) is 18.5 Å². The van der Waals surface area contributed by atoms with Crippen molar-refractivity contribution >= 4 is 13.3 Å². The molecule has 2 rings (SSSR count). The molecule has 0 radical (unpaired) electrons. The standard InChI is InChI=1S/C12H18O2Si/c1-15(2,3)12-6-4-10(5-7-12)13-8-11-9-14-11/h4-7,11H,8-9H2,1-3H3. The zero-order valence-electron chi connectivity index (χ0n) is 9.62. The summed E-state index contributed by atoms with van der Waals surface area (Å²) in [4.78, 5) is 0. The van der Waals surface area contributed by atoms with Gasteiger partial charge < -0.3 is 9.47 Å². The lowest BCUT2D eigenvalue weighted by molar-refractivity contribution is 0.263. The number of ether oxygens (including phenoxy) is 2. The summed E-state index contributed by atoms with van der Waals surface area (Å²) >= 11 is 0. The predicted molar refractivity (Wildman–Crippen MR) is 64.7 cm³/mol. The van der Waals surface area contributed by atoms with Crippen LogP contribution in [0.5, 0.6) is 5.75 Å². The lowest BCUT2D eigenvalue weighted by Gasteiger charge is -2.16. The van der Waals surface area contributed by atoms with Crippen molar-refractivity contribution in [1.82, 2.24) is 0 Å². The number of hydrogen-bond acceptors (Lipinski definition) is 2. The summed E-state index contributed by atoms with van der Waals surface area (Å²) in [6.45, 7) is 8.59. The number of hydrogen-bond donors (Lipinski definition) is 0. The van der Waals surface area contributed by atoms with Crippen molar-refractivity contribution in [2.24, 2.45) is 0 Å². The molecule has 1 atom stereocenters. The Kier molecular flexibility index (Phi) is 2.84. The van der Waals surface area contributed by atoms with Gasteiger partial charge in [-0.1, -0.05) is 37.0 Å². The molecule has 0 aromatic heterocycles. The molecule has 1 aliphatic rings.